The first-order chi connectivity index (χ1) is 14.8. The number of thiazole rings is 1. The summed E-state index contributed by atoms with van der Waals surface area (Å²) in [7, 11) is 0. The topological polar surface area (TPSA) is 88.5 Å². The first-order valence-corrected chi connectivity index (χ1v) is 10.7. The maximum Gasteiger partial charge on any atom is 0.328 e. The summed E-state index contributed by atoms with van der Waals surface area (Å²) in [6.07, 6.45) is -0.401. The number of hydrogen-bond acceptors (Lipinski definition) is 5. The summed E-state index contributed by atoms with van der Waals surface area (Å²) in [4.78, 5) is 29.2. The minimum Gasteiger partial charge on any atom is -0.482 e. The predicted octanol–water partition coefficient (Wildman–Crippen LogP) is 5.18. The highest BCUT2D eigenvalue weighted by molar-refractivity contribution is 7.18. The van der Waals surface area contributed by atoms with Crippen molar-refractivity contribution in [2.45, 2.75) is 32.4 Å². The summed E-state index contributed by atoms with van der Waals surface area (Å²) in [6, 6.07) is 19.0. The largest absolute Gasteiger partial charge is 0.482 e. The van der Waals surface area contributed by atoms with Crippen molar-refractivity contribution in [3.05, 3.63) is 71.2 Å². The van der Waals surface area contributed by atoms with Crippen LogP contribution in [0.5, 0.6) is 5.75 Å². The number of benzene rings is 3. The fourth-order valence-corrected chi connectivity index (χ4v) is 4.19. The number of rotatable bonds is 6. The molecule has 4 rings (SSSR count). The van der Waals surface area contributed by atoms with Gasteiger partial charge in [0.15, 0.2) is 0 Å². The van der Waals surface area contributed by atoms with E-state index < -0.39 is 23.5 Å². The predicted molar refractivity (Wildman–Crippen MR) is 122 cm³/mol. The van der Waals surface area contributed by atoms with Crippen LogP contribution in [0.15, 0.2) is 60.7 Å². The van der Waals surface area contributed by atoms with Crippen LogP contribution in [-0.4, -0.2) is 27.5 Å². The number of aliphatic carboxylic acids is 1. The molecule has 7 heteroatoms. The minimum absolute atomic E-state index is 0.279. The van der Waals surface area contributed by atoms with Crippen molar-refractivity contribution in [1.82, 2.24) is 10.3 Å². The van der Waals surface area contributed by atoms with E-state index in [4.69, 9.17) is 4.74 Å². The second-order valence-corrected chi connectivity index (χ2v) is 8.89. The molecule has 0 aliphatic heterocycles. The van der Waals surface area contributed by atoms with Gasteiger partial charge in [0.25, 0.3) is 5.91 Å². The summed E-state index contributed by atoms with van der Waals surface area (Å²) < 4.78 is 7.37. The van der Waals surface area contributed by atoms with Crippen molar-refractivity contribution >= 4 is 44.2 Å². The molecule has 1 atom stereocenters. The molecule has 3 aromatic carbocycles. The lowest BCUT2D eigenvalue weighted by Gasteiger charge is -2.23. The van der Waals surface area contributed by atoms with E-state index in [0.29, 0.717) is 5.75 Å². The van der Waals surface area contributed by atoms with Crippen LogP contribution in [-0.2, 0) is 4.79 Å². The Bertz CT molecular complexity index is 1260. The lowest BCUT2D eigenvalue weighted by molar-refractivity contribution is -0.143. The Hall–Kier alpha value is -3.45. The average Bonchev–Trinajstić information content (AvgIpc) is 3.18. The summed E-state index contributed by atoms with van der Waals surface area (Å²) in [5.74, 6) is -1.22. The number of carbonyl (C=O) groups excluding carboxylic acids is 1. The van der Waals surface area contributed by atoms with E-state index in [-0.39, 0.29) is 5.56 Å². The van der Waals surface area contributed by atoms with Crippen molar-refractivity contribution in [2.24, 2.45) is 0 Å². The Morgan fingerprint density at radius 1 is 1.06 bits per heavy atom. The van der Waals surface area contributed by atoms with Crippen LogP contribution >= 0.6 is 11.3 Å². The first kappa shape index (κ1) is 20.8. The zero-order chi connectivity index (χ0) is 22.2. The van der Waals surface area contributed by atoms with Gasteiger partial charge in [-0.25, -0.2) is 9.78 Å². The number of fused-ring (bicyclic) bond motifs is 2. The molecule has 0 fully saturated rings. The highest BCUT2D eigenvalue weighted by Gasteiger charge is 2.31. The Morgan fingerprint density at radius 3 is 2.52 bits per heavy atom. The molecule has 0 aliphatic rings. The summed E-state index contributed by atoms with van der Waals surface area (Å²) in [6.45, 7) is 4.78. The van der Waals surface area contributed by atoms with Crippen LogP contribution in [0.4, 0.5) is 0 Å². The van der Waals surface area contributed by atoms with Crippen molar-refractivity contribution < 1.29 is 19.4 Å². The first-order valence-electron chi connectivity index (χ1n) is 9.86. The molecule has 1 aromatic heterocycles. The second-order valence-electron chi connectivity index (χ2n) is 7.83. The van der Waals surface area contributed by atoms with Crippen molar-refractivity contribution in [2.75, 3.05) is 0 Å². The summed E-state index contributed by atoms with van der Waals surface area (Å²) >= 11 is 1.54. The van der Waals surface area contributed by atoms with Crippen LogP contribution in [0.1, 0.15) is 42.2 Å². The number of ether oxygens (including phenoxy) is 1. The van der Waals surface area contributed by atoms with Crippen LogP contribution in [0.2, 0.25) is 0 Å². The van der Waals surface area contributed by atoms with Gasteiger partial charge in [0.1, 0.15) is 22.4 Å². The van der Waals surface area contributed by atoms with Gasteiger partial charge in [-0.05, 0) is 44.4 Å². The molecule has 1 amide bonds. The zero-order valence-corrected chi connectivity index (χ0v) is 18.2. The van der Waals surface area contributed by atoms with Crippen molar-refractivity contribution in [1.29, 1.82) is 0 Å². The number of nitrogens with zero attached hydrogens (tertiary/aromatic N) is 1. The van der Waals surface area contributed by atoms with Crippen LogP contribution in [0.3, 0.4) is 0 Å². The van der Waals surface area contributed by atoms with Crippen molar-refractivity contribution in [3.63, 3.8) is 0 Å². The number of carbonyl (C=O) groups is 2. The SMILES string of the molecule is CC(Oc1c(C(=O)NC(C)(C)C(=O)O)ccc2ccccc12)c1nc2ccccc2s1. The van der Waals surface area contributed by atoms with Gasteiger partial charge in [-0.3, -0.25) is 4.79 Å². The number of aromatic nitrogens is 1. The monoisotopic (exact) mass is 434 g/mol. The molecule has 1 unspecified atom stereocenters. The molecule has 4 aromatic rings. The molecule has 31 heavy (non-hydrogen) atoms. The summed E-state index contributed by atoms with van der Waals surface area (Å²) in [5, 5.41) is 14.5. The maximum absolute atomic E-state index is 13.0. The third-order valence-corrected chi connectivity index (χ3v) is 6.24. The van der Waals surface area contributed by atoms with E-state index in [1.165, 1.54) is 13.8 Å². The van der Waals surface area contributed by atoms with Gasteiger partial charge in [0.05, 0.1) is 15.8 Å². The smallest absolute Gasteiger partial charge is 0.328 e. The zero-order valence-electron chi connectivity index (χ0n) is 17.4. The van der Waals surface area contributed by atoms with Gasteiger partial charge >= 0.3 is 5.97 Å². The third kappa shape index (κ3) is 4.09. The fourth-order valence-electron chi connectivity index (χ4n) is 3.24. The van der Waals surface area contributed by atoms with Gasteiger partial charge in [0, 0.05) is 5.39 Å². The lowest BCUT2D eigenvalue weighted by Crippen LogP contribution is -2.49. The Labute approximate surface area is 183 Å². The molecule has 1 heterocycles. The van der Waals surface area contributed by atoms with E-state index in [1.807, 2.05) is 61.5 Å². The third-order valence-electron chi connectivity index (χ3n) is 5.04. The van der Waals surface area contributed by atoms with Crippen LogP contribution in [0.25, 0.3) is 21.0 Å². The number of carboxylic acid groups (broad SMARTS) is 1. The molecule has 6 nitrogen and oxygen atoms in total. The Balaban J connectivity index is 1.75. The lowest BCUT2D eigenvalue weighted by atomic mass is 10.0. The van der Waals surface area contributed by atoms with E-state index in [0.717, 1.165) is 26.0 Å². The highest BCUT2D eigenvalue weighted by atomic mass is 32.1. The number of carboxylic acids is 1. The molecule has 0 spiro atoms. The standard InChI is InChI=1S/C24H22N2O4S/c1-14(22-25-18-10-6-7-11-19(18)31-22)30-20-16-9-5-4-8-15(16)12-13-17(20)21(27)26-24(2,3)23(28)29/h4-14H,1-3H3,(H,26,27)(H,28,29). The van der Waals surface area contributed by atoms with Crippen LogP contribution in [0, 0.1) is 0 Å². The van der Waals surface area contributed by atoms with Crippen molar-refractivity contribution in [3.8, 4) is 5.75 Å². The number of amides is 1. The van der Waals surface area contributed by atoms with Gasteiger partial charge in [-0.1, -0.05) is 42.5 Å². The molecular formula is C24H22N2O4S. The quantitative estimate of drug-likeness (QED) is 0.436. The number of hydrogen-bond donors (Lipinski definition) is 2. The maximum atomic E-state index is 13.0. The molecule has 0 radical (unpaired) electrons. The molecule has 2 N–H and O–H groups in total. The molecule has 0 saturated carbocycles. The van der Waals surface area contributed by atoms with Gasteiger partial charge in [-0.2, -0.15) is 0 Å². The van der Waals surface area contributed by atoms with E-state index >= 15 is 0 Å². The molecule has 0 saturated heterocycles. The van der Waals surface area contributed by atoms with Gasteiger partial charge < -0.3 is 15.2 Å². The molecule has 158 valence electrons. The fraction of sp³-hybridized carbons (Fsp3) is 0.208. The summed E-state index contributed by atoms with van der Waals surface area (Å²) in [5.41, 5.74) is -0.239. The minimum atomic E-state index is -1.42. The van der Waals surface area contributed by atoms with E-state index in [1.54, 1.807) is 17.4 Å². The average molecular weight is 435 g/mol. The van der Waals surface area contributed by atoms with Gasteiger partial charge in [-0.15, -0.1) is 11.3 Å². The Kier molecular flexibility index (Phi) is 5.37. The number of nitrogens with one attached hydrogen (secondary N) is 1. The second kappa shape index (κ2) is 8.00. The molecule has 0 aliphatic carbocycles. The van der Waals surface area contributed by atoms with E-state index in [9.17, 15) is 14.7 Å². The molecule has 0 bridgehead atoms. The highest BCUT2D eigenvalue weighted by Crippen LogP contribution is 2.35. The van der Waals surface area contributed by atoms with Gasteiger partial charge in [0.2, 0.25) is 0 Å². The van der Waals surface area contributed by atoms with E-state index in [2.05, 4.69) is 10.3 Å². The van der Waals surface area contributed by atoms with Crippen LogP contribution < -0.4 is 10.1 Å². The Morgan fingerprint density at radius 2 is 1.77 bits per heavy atom. The number of para-hydroxylation sites is 1. The normalized spacial score (nSPS) is 12.6. The molecular weight excluding hydrogens is 412 g/mol.